The van der Waals surface area contributed by atoms with E-state index in [1.54, 1.807) is 13.8 Å². The SMILES string of the molecule is CC1CC(C(O)C(C)(C)O)NC2CC3(C)C4CCC5C(C)(OC6OCC(O)C(O)C6O)CCCC56CC46C(O)CC3(C)C12. The van der Waals surface area contributed by atoms with E-state index in [2.05, 4.69) is 33.0 Å². The molecular weight excluding hydrogens is 550 g/mol. The number of nitrogens with one attached hydrogen (secondary N) is 1. The standard InChI is InChI=1S/C34H57NO8/c1-17-12-18(27(40)29(2,3)41)35-19-13-30(4)21-8-9-22-32(6,43-28-26(39)25(38)20(36)15-42-28)10-7-11-33(22)16-34(21,33)23(37)14-31(30,5)24(17)19/h17-28,35-41H,7-16H2,1-6H3. The maximum atomic E-state index is 12.3. The monoisotopic (exact) mass is 607 g/mol. The van der Waals surface area contributed by atoms with Gasteiger partial charge in [0.05, 0.1) is 30.0 Å². The Morgan fingerprint density at radius 2 is 1.65 bits per heavy atom. The summed E-state index contributed by atoms with van der Waals surface area (Å²) in [6, 6.07) is 0.0841. The van der Waals surface area contributed by atoms with Crippen molar-refractivity contribution in [1.82, 2.24) is 5.32 Å². The molecule has 5 aliphatic carbocycles. The molecule has 5 saturated carbocycles. The molecule has 7 fully saturated rings. The Kier molecular flexibility index (Phi) is 6.98. The van der Waals surface area contributed by atoms with Gasteiger partial charge in [-0.05, 0) is 118 Å². The largest absolute Gasteiger partial charge is 0.392 e. The maximum absolute atomic E-state index is 12.3. The van der Waals surface area contributed by atoms with Gasteiger partial charge >= 0.3 is 0 Å². The molecule has 2 spiro atoms. The second-order valence-corrected chi connectivity index (χ2v) is 17.6. The van der Waals surface area contributed by atoms with Crippen LogP contribution in [0.4, 0.5) is 0 Å². The molecule has 7 aliphatic rings. The average molecular weight is 608 g/mol. The lowest BCUT2D eigenvalue weighted by molar-refractivity contribution is -0.319. The molecule has 2 saturated heterocycles. The Hall–Kier alpha value is -0.360. The lowest BCUT2D eigenvalue weighted by atomic mass is 9.42. The molecule has 0 aromatic rings. The van der Waals surface area contributed by atoms with Crippen LogP contribution >= 0.6 is 0 Å². The van der Waals surface area contributed by atoms with Crippen LogP contribution in [0, 0.1) is 45.3 Å². The molecule has 0 amide bonds. The molecule has 2 aliphatic heterocycles. The van der Waals surface area contributed by atoms with Gasteiger partial charge in [-0.3, -0.25) is 0 Å². The summed E-state index contributed by atoms with van der Waals surface area (Å²) < 4.78 is 12.3. The first-order valence-corrected chi connectivity index (χ1v) is 17.1. The minimum atomic E-state index is -1.31. The minimum absolute atomic E-state index is 0.0170. The van der Waals surface area contributed by atoms with Gasteiger partial charge in [-0.2, -0.15) is 0 Å². The smallest absolute Gasteiger partial charge is 0.186 e. The van der Waals surface area contributed by atoms with E-state index >= 15 is 0 Å². The van der Waals surface area contributed by atoms with E-state index in [-0.39, 0.29) is 52.4 Å². The molecule has 2 heterocycles. The third kappa shape index (κ3) is 3.95. The molecule has 43 heavy (non-hydrogen) atoms. The zero-order valence-corrected chi connectivity index (χ0v) is 27.0. The highest BCUT2D eigenvalue weighted by Gasteiger charge is 2.85. The molecule has 0 radical (unpaired) electrons. The van der Waals surface area contributed by atoms with Crippen LogP contribution in [0.25, 0.3) is 0 Å². The Morgan fingerprint density at radius 1 is 0.953 bits per heavy atom. The molecule has 246 valence electrons. The predicted molar refractivity (Wildman–Crippen MR) is 159 cm³/mol. The number of rotatable bonds is 4. The second kappa shape index (κ2) is 9.60. The van der Waals surface area contributed by atoms with E-state index < -0.39 is 41.9 Å². The number of fused-ring (bicyclic) bond motifs is 4. The predicted octanol–water partition coefficient (Wildman–Crippen LogP) is 2.08. The van der Waals surface area contributed by atoms with Gasteiger partial charge in [-0.25, -0.2) is 0 Å². The van der Waals surface area contributed by atoms with Gasteiger partial charge in [0.2, 0.25) is 0 Å². The maximum Gasteiger partial charge on any atom is 0.186 e. The number of piperidine rings is 1. The van der Waals surface area contributed by atoms with Gasteiger partial charge in [0, 0.05) is 17.5 Å². The normalized spacial score (nSPS) is 60.1. The van der Waals surface area contributed by atoms with E-state index in [4.69, 9.17) is 9.47 Å². The number of hydrogen-bond acceptors (Lipinski definition) is 9. The highest BCUT2D eigenvalue weighted by Crippen LogP contribution is 2.88. The fraction of sp³-hybridized carbons (Fsp3) is 1.00. The summed E-state index contributed by atoms with van der Waals surface area (Å²) >= 11 is 0. The fourth-order valence-corrected chi connectivity index (χ4v) is 13.4. The quantitative estimate of drug-likeness (QED) is 0.255. The second-order valence-electron chi connectivity index (χ2n) is 17.6. The van der Waals surface area contributed by atoms with Crippen LogP contribution in [0.15, 0.2) is 0 Å². The van der Waals surface area contributed by atoms with Gasteiger partial charge < -0.3 is 45.4 Å². The molecule has 17 unspecified atom stereocenters. The summed E-state index contributed by atoms with van der Waals surface area (Å²) in [4.78, 5) is 0. The molecule has 7 rings (SSSR count). The van der Waals surface area contributed by atoms with Crippen LogP contribution in [-0.2, 0) is 9.47 Å². The van der Waals surface area contributed by atoms with Gasteiger partial charge in [-0.1, -0.05) is 20.8 Å². The zero-order valence-electron chi connectivity index (χ0n) is 27.0. The van der Waals surface area contributed by atoms with Gasteiger partial charge in [-0.15, -0.1) is 0 Å². The highest BCUT2D eigenvalue weighted by molar-refractivity contribution is 5.34. The Bertz CT molecular complexity index is 1120. The fourth-order valence-electron chi connectivity index (χ4n) is 13.4. The lowest BCUT2D eigenvalue weighted by Crippen LogP contribution is -2.64. The van der Waals surface area contributed by atoms with Crippen molar-refractivity contribution < 1.29 is 40.1 Å². The third-order valence-electron chi connectivity index (χ3n) is 15.2. The number of hydrogen-bond donors (Lipinski definition) is 7. The van der Waals surface area contributed by atoms with Crippen molar-refractivity contribution in [2.45, 2.75) is 159 Å². The topological polar surface area (TPSA) is 152 Å². The highest BCUT2D eigenvalue weighted by atomic mass is 16.7. The number of aliphatic hydroxyl groups is 6. The molecular formula is C34H57NO8. The first-order chi connectivity index (χ1) is 20.0. The summed E-state index contributed by atoms with van der Waals surface area (Å²) in [6.45, 7) is 12.7. The summed E-state index contributed by atoms with van der Waals surface area (Å²) in [5.74, 6) is 1.37. The third-order valence-corrected chi connectivity index (χ3v) is 15.2. The Labute approximate surface area is 256 Å². The van der Waals surface area contributed by atoms with Gasteiger partial charge in [0.25, 0.3) is 0 Å². The lowest BCUT2D eigenvalue weighted by Gasteiger charge is -2.64. The van der Waals surface area contributed by atoms with Crippen molar-refractivity contribution in [2.24, 2.45) is 45.3 Å². The van der Waals surface area contributed by atoms with Crippen molar-refractivity contribution in [3.05, 3.63) is 0 Å². The molecule has 9 heteroatoms. The minimum Gasteiger partial charge on any atom is -0.392 e. The van der Waals surface area contributed by atoms with Crippen LogP contribution in [0.2, 0.25) is 0 Å². The van der Waals surface area contributed by atoms with E-state index in [0.717, 1.165) is 57.8 Å². The summed E-state index contributed by atoms with van der Waals surface area (Å²) in [5.41, 5.74) is -1.90. The molecule has 7 N–H and O–H groups in total. The van der Waals surface area contributed by atoms with Crippen molar-refractivity contribution in [1.29, 1.82) is 0 Å². The summed E-state index contributed by atoms with van der Waals surface area (Å²) in [6.07, 6.45) is 2.59. The van der Waals surface area contributed by atoms with E-state index in [9.17, 15) is 30.6 Å². The average Bonchev–Trinajstić information content (AvgIpc) is 3.54. The van der Waals surface area contributed by atoms with Crippen LogP contribution in [0.5, 0.6) is 0 Å². The number of ether oxygens (including phenoxy) is 2. The van der Waals surface area contributed by atoms with Gasteiger partial charge in [0.1, 0.15) is 18.3 Å². The van der Waals surface area contributed by atoms with Crippen LogP contribution in [-0.4, -0.2) is 97.3 Å². The molecule has 0 aromatic carbocycles. The molecule has 17 atom stereocenters. The van der Waals surface area contributed by atoms with Crippen molar-refractivity contribution in [3.8, 4) is 0 Å². The molecule has 0 bridgehead atoms. The first kappa shape index (κ1) is 31.3. The van der Waals surface area contributed by atoms with Crippen LogP contribution in [0.3, 0.4) is 0 Å². The molecule has 0 aromatic heterocycles. The van der Waals surface area contributed by atoms with Crippen molar-refractivity contribution in [2.75, 3.05) is 6.61 Å². The molecule has 9 nitrogen and oxygen atoms in total. The summed E-state index contributed by atoms with van der Waals surface area (Å²) in [7, 11) is 0. The van der Waals surface area contributed by atoms with Crippen molar-refractivity contribution >= 4 is 0 Å². The van der Waals surface area contributed by atoms with Crippen LogP contribution in [0.1, 0.15) is 99.3 Å². The van der Waals surface area contributed by atoms with E-state index in [1.165, 1.54) is 0 Å². The first-order valence-electron chi connectivity index (χ1n) is 17.1. The van der Waals surface area contributed by atoms with Crippen molar-refractivity contribution in [3.63, 3.8) is 0 Å². The Morgan fingerprint density at radius 3 is 2.35 bits per heavy atom. The van der Waals surface area contributed by atoms with Gasteiger partial charge in [0.15, 0.2) is 6.29 Å². The van der Waals surface area contributed by atoms with E-state index in [1.807, 2.05) is 0 Å². The number of aliphatic hydroxyl groups excluding tert-OH is 5. The van der Waals surface area contributed by atoms with E-state index in [0.29, 0.717) is 17.8 Å². The van der Waals surface area contributed by atoms with Crippen LogP contribution < -0.4 is 5.32 Å². The summed E-state index contributed by atoms with van der Waals surface area (Å²) in [5, 5.41) is 68.8. The zero-order chi connectivity index (χ0) is 31.1. The Balaban J connectivity index is 1.17.